The van der Waals surface area contributed by atoms with Gasteiger partial charge in [0.05, 0.1) is 12.0 Å². The highest BCUT2D eigenvalue weighted by molar-refractivity contribution is 7.89. The summed E-state index contributed by atoms with van der Waals surface area (Å²) in [5.41, 5.74) is 8.04. The minimum atomic E-state index is -4.10. The van der Waals surface area contributed by atoms with Crippen LogP contribution in [0, 0.1) is 0 Å². The summed E-state index contributed by atoms with van der Waals surface area (Å²) in [5, 5.41) is 20.6. The number of amides is 1. The van der Waals surface area contributed by atoms with E-state index < -0.39 is 15.9 Å². The van der Waals surface area contributed by atoms with Gasteiger partial charge in [0.2, 0.25) is 15.9 Å². The first-order valence-electron chi connectivity index (χ1n) is 8.96. The van der Waals surface area contributed by atoms with Gasteiger partial charge < -0.3 is 15.7 Å². The molecule has 0 saturated heterocycles. The highest BCUT2D eigenvalue weighted by Gasteiger charge is 2.28. The predicted octanol–water partition coefficient (Wildman–Crippen LogP) is 0.919. The third-order valence-electron chi connectivity index (χ3n) is 4.41. The van der Waals surface area contributed by atoms with Crippen molar-refractivity contribution < 1.29 is 28.4 Å². The van der Waals surface area contributed by atoms with Gasteiger partial charge >= 0.3 is 0 Å². The van der Waals surface area contributed by atoms with Crippen molar-refractivity contribution in [2.75, 3.05) is 20.2 Å². The summed E-state index contributed by atoms with van der Waals surface area (Å²) in [6, 6.07) is 13.0. The van der Waals surface area contributed by atoms with Gasteiger partial charge in [-0.15, -0.1) is 0 Å². The third kappa shape index (κ3) is 5.69. The van der Waals surface area contributed by atoms with Crippen LogP contribution in [0.3, 0.4) is 0 Å². The Balaban J connectivity index is 2.34. The number of carbonyl (C=O) groups is 1. The summed E-state index contributed by atoms with van der Waals surface area (Å²) in [7, 11) is -2.55. The standard InChI is InChI=1S/C19H24N4O6S/c1-29-15-8-6-14(7-9-15)10-12-23(13-11-18(24)21-25)30(27,28)17-5-3-2-4-16(17)19(20)22-26/h2-9,25-26H,10-13H2,1H3,(H2,20,22)(H,21,24). The second-order valence-corrected chi connectivity index (χ2v) is 8.17. The maximum Gasteiger partial charge on any atom is 0.244 e. The van der Waals surface area contributed by atoms with Crippen molar-refractivity contribution in [2.45, 2.75) is 17.7 Å². The number of nitrogens with zero attached hydrogens (tertiary/aromatic N) is 2. The number of benzene rings is 2. The minimum absolute atomic E-state index is 0.0426. The van der Waals surface area contributed by atoms with E-state index in [0.717, 1.165) is 9.87 Å². The van der Waals surface area contributed by atoms with E-state index in [2.05, 4.69) is 5.16 Å². The summed E-state index contributed by atoms with van der Waals surface area (Å²) >= 11 is 0. The van der Waals surface area contributed by atoms with Crippen LogP contribution < -0.4 is 16.0 Å². The zero-order chi connectivity index (χ0) is 22.1. The number of methoxy groups -OCH3 is 1. The normalized spacial score (nSPS) is 12.0. The Kier molecular flexibility index (Phi) is 8.16. The number of nitrogens with two attached hydrogens (primary N) is 1. The number of amidine groups is 1. The molecule has 0 fully saturated rings. The van der Waals surface area contributed by atoms with Crippen molar-refractivity contribution in [3.8, 4) is 5.75 Å². The van der Waals surface area contributed by atoms with Crippen molar-refractivity contribution in [2.24, 2.45) is 10.9 Å². The Morgan fingerprint density at radius 3 is 2.43 bits per heavy atom. The van der Waals surface area contributed by atoms with Crippen molar-refractivity contribution in [1.82, 2.24) is 9.79 Å². The van der Waals surface area contributed by atoms with E-state index in [1.54, 1.807) is 25.3 Å². The second kappa shape index (κ2) is 10.6. The van der Waals surface area contributed by atoms with Crippen LogP contribution >= 0.6 is 0 Å². The lowest BCUT2D eigenvalue weighted by Gasteiger charge is -2.23. The molecule has 10 nitrogen and oxygen atoms in total. The monoisotopic (exact) mass is 436 g/mol. The van der Waals surface area contributed by atoms with Crippen LogP contribution in [0.5, 0.6) is 5.75 Å². The Morgan fingerprint density at radius 2 is 1.83 bits per heavy atom. The van der Waals surface area contributed by atoms with Crippen LogP contribution in [0.2, 0.25) is 0 Å². The van der Waals surface area contributed by atoms with E-state index >= 15 is 0 Å². The molecule has 0 bridgehead atoms. The average Bonchev–Trinajstić information content (AvgIpc) is 2.78. The van der Waals surface area contributed by atoms with Gasteiger partial charge in [0.25, 0.3) is 0 Å². The van der Waals surface area contributed by atoms with Gasteiger partial charge in [0, 0.05) is 25.1 Å². The van der Waals surface area contributed by atoms with Crippen LogP contribution in [0.1, 0.15) is 17.5 Å². The molecule has 30 heavy (non-hydrogen) atoms. The van der Waals surface area contributed by atoms with Gasteiger partial charge in [0.1, 0.15) is 5.75 Å². The lowest BCUT2D eigenvalue weighted by molar-refractivity contribution is -0.129. The Bertz CT molecular complexity index is 992. The fourth-order valence-electron chi connectivity index (χ4n) is 2.78. The van der Waals surface area contributed by atoms with Crippen molar-refractivity contribution in [1.29, 1.82) is 0 Å². The lowest BCUT2D eigenvalue weighted by Crippen LogP contribution is -2.37. The molecule has 2 rings (SSSR count). The molecule has 5 N–H and O–H groups in total. The summed E-state index contributed by atoms with van der Waals surface area (Å²) in [6.07, 6.45) is 0.125. The van der Waals surface area contributed by atoms with Gasteiger partial charge in [-0.3, -0.25) is 10.0 Å². The van der Waals surface area contributed by atoms with Crippen LogP contribution in [-0.4, -0.2) is 55.1 Å². The highest BCUT2D eigenvalue weighted by atomic mass is 32.2. The number of hydrogen-bond donors (Lipinski definition) is 4. The van der Waals surface area contributed by atoms with E-state index in [0.29, 0.717) is 12.2 Å². The Hall–Kier alpha value is -3.15. The molecule has 0 unspecified atom stereocenters. The zero-order valence-corrected chi connectivity index (χ0v) is 17.2. The van der Waals surface area contributed by atoms with Crippen molar-refractivity contribution >= 4 is 21.8 Å². The zero-order valence-electron chi connectivity index (χ0n) is 16.4. The number of sulfonamides is 1. The number of hydroxylamine groups is 1. The van der Waals surface area contributed by atoms with Crippen LogP contribution in [-0.2, 0) is 21.2 Å². The molecular formula is C19H24N4O6S. The van der Waals surface area contributed by atoms with E-state index in [9.17, 15) is 13.2 Å². The molecule has 2 aromatic carbocycles. The number of rotatable bonds is 10. The van der Waals surface area contributed by atoms with Gasteiger partial charge in [-0.2, -0.15) is 4.31 Å². The molecule has 162 valence electrons. The number of nitrogens with one attached hydrogen (secondary N) is 1. The minimum Gasteiger partial charge on any atom is -0.497 e. The Morgan fingerprint density at radius 1 is 1.17 bits per heavy atom. The molecule has 0 saturated carbocycles. The molecule has 1 amide bonds. The maximum atomic E-state index is 13.3. The lowest BCUT2D eigenvalue weighted by atomic mass is 10.1. The summed E-state index contributed by atoms with van der Waals surface area (Å²) in [5.74, 6) is -0.391. The maximum absolute atomic E-state index is 13.3. The molecule has 0 aliphatic carbocycles. The van der Waals surface area contributed by atoms with Gasteiger partial charge in [0.15, 0.2) is 5.84 Å². The van der Waals surface area contributed by atoms with Gasteiger partial charge in [-0.1, -0.05) is 29.4 Å². The van der Waals surface area contributed by atoms with E-state index in [4.69, 9.17) is 20.9 Å². The first-order chi connectivity index (χ1) is 14.3. The van der Waals surface area contributed by atoms with E-state index in [1.165, 1.54) is 23.7 Å². The molecule has 0 radical (unpaired) electrons. The third-order valence-corrected chi connectivity index (χ3v) is 6.37. The summed E-state index contributed by atoms with van der Waals surface area (Å²) in [6.45, 7) is -0.104. The van der Waals surface area contributed by atoms with Crippen LogP contribution in [0.15, 0.2) is 58.6 Å². The first-order valence-corrected chi connectivity index (χ1v) is 10.4. The summed E-state index contributed by atoms with van der Waals surface area (Å²) in [4.78, 5) is 11.3. The smallest absolute Gasteiger partial charge is 0.244 e. The topological polar surface area (TPSA) is 155 Å². The fourth-order valence-corrected chi connectivity index (χ4v) is 4.42. The second-order valence-electron chi connectivity index (χ2n) is 6.27. The number of carbonyl (C=O) groups excluding carboxylic acids is 1. The molecule has 2 aromatic rings. The molecule has 0 aliphatic rings. The van der Waals surface area contributed by atoms with Crippen LogP contribution in [0.4, 0.5) is 0 Å². The fraction of sp³-hybridized carbons (Fsp3) is 0.263. The molecule has 0 aromatic heterocycles. The molecule has 11 heteroatoms. The Labute approximate surface area is 174 Å². The molecule has 0 atom stereocenters. The van der Waals surface area contributed by atoms with E-state index in [1.807, 2.05) is 12.1 Å². The number of hydrogen-bond acceptors (Lipinski definition) is 7. The first kappa shape index (κ1) is 23.1. The SMILES string of the molecule is COc1ccc(CCN(CCC(=O)NO)S(=O)(=O)c2ccccc2/C(N)=N/O)cc1. The van der Waals surface area contributed by atoms with E-state index in [-0.39, 0.29) is 35.8 Å². The molecule has 0 aliphatic heterocycles. The molecule has 0 heterocycles. The molecule has 0 spiro atoms. The van der Waals surface area contributed by atoms with Gasteiger partial charge in [-0.05, 0) is 36.2 Å². The van der Waals surface area contributed by atoms with Crippen molar-refractivity contribution in [3.05, 3.63) is 59.7 Å². The highest BCUT2D eigenvalue weighted by Crippen LogP contribution is 2.21. The molecular weight excluding hydrogens is 412 g/mol. The largest absolute Gasteiger partial charge is 0.497 e. The number of oxime groups is 1. The predicted molar refractivity (Wildman–Crippen MR) is 109 cm³/mol. The average molecular weight is 436 g/mol. The van der Waals surface area contributed by atoms with Gasteiger partial charge in [-0.25, -0.2) is 13.9 Å². The quantitative estimate of drug-likeness (QED) is 0.142. The summed E-state index contributed by atoms with van der Waals surface area (Å²) < 4.78 is 32.9. The van der Waals surface area contributed by atoms with Crippen molar-refractivity contribution in [3.63, 3.8) is 0 Å². The number of ether oxygens (including phenoxy) is 1. The van der Waals surface area contributed by atoms with Crippen LogP contribution in [0.25, 0.3) is 0 Å².